The number of benzene rings is 4. The summed E-state index contributed by atoms with van der Waals surface area (Å²) in [4.78, 5) is 22.4. The molecule has 6 nitrogen and oxygen atoms in total. The van der Waals surface area contributed by atoms with Crippen LogP contribution < -0.4 is 14.8 Å². The molecule has 0 fully saturated rings. The third-order valence-corrected chi connectivity index (χ3v) is 5.23. The molecule has 0 saturated heterocycles. The summed E-state index contributed by atoms with van der Waals surface area (Å²) >= 11 is 0. The first-order valence-corrected chi connectivity index (χ1v) is 9.79. The highest BCUT2D eigenvalue weighted by atomic mass is 16.5. The summed E-state index contributed by atoms with van der Waals surface area (Å²) in [7, 11) is 3.09. The molecule has 0 bridgehead atoms. The number of methoxy groups -OCH3 is 2. The molecule has 0 atom stereocenters. The first-order valence-electron chi connectivity index (χ1n) is 9.79. The van der Waals surface area contributed by atoms with Crippen molar-refractivity contribution in [2.75, 3.05) is 19.5 Å². The molecule has 0 radical (unpaired) electrons. The molecule has 0 aliphatic rings. The van der Waals surface area contributed by atoms with Crippen molar-refractivity contribution >= 4 is 44.4 Å². The maximum atomic E-state index is 12.8. The summed E-state index contributed by atoms with van der Waals surface area (Å²) in [6.07, 6.45) is 0. The van der Waals surface area contributed by atoms with Crippen molar-refractivity contribution in [2.45, 2.75) is 0 Å². The number of amides is 1. The van der Waals surface area contributed by atoms with Gasteiger partial charge in [-0.05, 0) is 47.9 Å². The summed E-state index contributed by atoms with van der Waals surface area (Å²) in [6, 6.07) is 22.7. The Hall–Kier alpha value is -4.19. The van der Waals surface area contributed by atoms with E-state index in [4.69, 9.17) is 19.4 Å². The zero-order valence-corrected chi connectivity index (χ0v) is 17.0. The van der Waals surface area contributed by atoms with Crippen molar-refractivity contribution < 1.29 is 14.3 Å². The zero-order chi connectivity index (χ0) is 21.4. The van der Waals surface area contributed by atoms with Gasteiger partial charge in [-0.15, -0.1) is 0 Å². The lowest BCUT2D eigenvalue weighted by Crippen LogP contribution is -2.12. The van der Waals surface area contributed by atoms with Crippen LogP contribution in [0.25, 0.3) is 32.8 Å². The van der Waals surface area contributed by atoms with Gasteiger partial charge in [0.05, 0.1) is 36.3 Å². The van der Waals surface area contributed by atoms with Crippen LogP contribution in [-0.2, 0) is 0 Å². The van der Waals surface area contributed by atoms with Crippen molar-refractivity contribution in [3.8, 4) is 11.5 Å². The highest BCUT2D eigenvalue weighted by Crippen LogP contribution is 2.29. The van der Waals surface area contributed by atoms with Crippen molar-refractivity contribution in [2.24, 2.45) is 0 Å². The molecule has 1 N–H and O–H groups in total. The second kappa shape index (κ2) is 7.57. The van der Waals surface area contributed by atoms with Gasteiger partial charge in [0.25, 0.3) is 5.91 Å². The number of carbonyl (C=O) groups excluding carboxylic acids is 1. The molecule has 0 aliphatic carbocycles. The molecule has 0 unspecified atom stereocenters. The van der Waals surface area contributed by atoms with Crippen molar-refractivity contribution in [3.63, 3.8) is 0 Å². The van der Waals surface area contributed by atoms with E-state index in [-0.39, 0.29) is 5.91 Å². The van der Waals surface area contributed by atoms with Gasteiger partial charge < -0.3 is 14.8 Å². The van der Waals surface area contributed by atoms with Crippen LogP contribution in [0.2, 0.25) is 0 Å². The third-order valence-electron chi connectivity index (χ3n) is 5.23. The molecule has 152 valence electrons. The third kappa shape index (κ3) is 3.38. The Kier molecular flexibility index (Phi) is 4.59. The monoisotopic (exact) mass is 409 g/mol. The van der Waals surface area contributed by atoms with Crippen molar-refractivity contribution in [1.29, 1.82) is 0 Å². The molecule has 31 heavy (non-hydrogen) atoms. The first kappa shape index (κ1) is 18.8. The number of hydrogen-bond donors (Lipinski definition) is 1. The van der Waals surface area contributed by atoms with Crippen LogP contribution in [0, 0.1) is 0 Å². The summed E-state index contributed by atoms with van der Waals surface area (Å²) in [5.41, 5.74) is 4.28. The number of hydrogen-bond acceptors (Lipinski definition) is 5. The molecule has 6 heteroatoms. The maximum absolute atomic E-state index is 12.8. The smallest absolute Gasteiger partial charge is 0.255 e. The van der Waals surface area contributed by atoms with E-state index in [0.717, 1.165) is 27.3 Å². The molecule has 0 saturated carbocycles. The average Bonchev–Trinajstić information content (AvgIpc) is 2.82. The van der Waals surface area contributed by atoms with E-state index in [1.165, 1.54) is 7.11 Å². The highest BCUT2D eigenvalue weighted by molar-refractivity contribution is 6.07. The van der Waals surface area contributed by atoms with Crippen LogP contribution in [0.5, 0.6) is 11.5 Å². The molecule has 1 amide bonds. The predicted octanol–water partition coefficient (Wildman–Crippen LogP) is 5.21. The van der Waals surface area contributed by atoms with E-state index in [1.54, 1.807) is 25.3 Å². The van der Waals surface area contributed by atoms with Crippen LogP contribution in [0.4, 0.5) is 5.69 Å². The molecule has 1 heterocycles. The maximum Gasteiger partial charge on any atom is 0.255 e. The van der Waals surface area contributed by atoms with Gasteiger partial charge >= 0.3 is 0 Å². The van der Waals surface area contributed by atoms with Gasteiger partial charge in [0.1, 0.15) is 0 Å². The number of anilines is 1. The Balaban J connectivity index is 1.52. The number of ether oxygens (including phenoxy) is 2. The molecule has 0 spiro atoms. The molecule has 5 aromatic rings. The number of carbonyl (C=O) groups is 1. The van der Waals surface area contributed by atoms with Crippen LogP contribution >= 0.6 is 0 Å². The minimum absolute atomic E-state index is 0.250. The van der Waals surface area contributed by atoms with Gasteiger partial charge in [0.15, 0.2) is 11.5 Å². The fourth-order valence-electron chi connectivity index (χ4n) is 3.67. The molecular formula is C25H19N3O3. The minimum atomic E-state index is -0.250. The number of nitrogens with zero attached hydrogens (tertiary/aromatic N) is 2. The van der Waals surface area contributed by atoms with Gasteiger partial charge in [-0.3, -0.25) is 4.79 Å². The predicted molar refractivity (Wildman–Crippen MR) is 122 cm³/mol. The molecule has 5 rings (SSSR count). The normalized spacial score (nSPS) is 11.0. The second-order valence-corrected chi connectivity index (χ2v) is 7.11. The Labute approximate surface area is 178 Å². The van der Waals surface area contributed by atoms with E-state index in [0.29, 0.717) is 28.3 Å². The van der Waals surface area contributed by atoms with Crippen LogP contribution in [0.3, 0.4) is 0 Å². The number of fused-ring (bicyclic) bond motifs is 4. The standard InChI is InChI=1S/C25H19N3O3/c1-30-22-12-8-16(13-23(22)31-2)25(29)26-17-9-11-19-21(14-17)28-24-18-6-4-3-5-15(18)7-10-20(24)27-19/h3-14H,1-2H3,(H,26,29). The van der Waals surface area contributed by atoms with E-state index < -0.39 is 0 Å². The molecular weight excluding hydrogens is 390 g/mol. The quantitative estimate of drug-likeness (QED) is 0.326. The lowest BCUT2D eigenvalue weighted by molar-refractivity contribution is 0.102. The average molecular weight is 409 g/mol. The summed E-state index contributed by atoms with van der Waals surface area (Å²) in [6.45, 7) is 0. The Morgan fingerprint density at radius 1 is 0.774 bits per heavy atom. The van der Waals surface area contributed by atoms with Crippen LogP contribution in [0.15, 0.2) is 72.8 Å². The summed E-state index contributed by atoms with van der Waals surface area (Å²) in [5, 5.41) is 5.08. The number of rotatable bonds is 4. The fraction of sp³-hybridized carbons (Fsp3) is 0.0800. The van der Waals surface area contributed by atoms with E-state index in [1.807, 2.05) is 42.5 Å². The van der Waals surface area contributed by atoms with Gasteiger partial charge in [-0.1, -0.05) is 30.3 Å². The first-order chi connectivity index (χ1) is 15.2. The van der Waals surface area contributed by atoms with Gasteiger partial charge in [-0.25, -0.2) is 9.97 Å². The minimum Gasteiger partial charge on any atom is -0.493 e. The van der Waals surface area contributed by atoms with E-state index in [9.17, 15) is 4.79 Å². The topological polar surface area (TPSA) is 73.3 Å². The SMILES string of the molecule is COc1ccc(C(=O)Nc2ccc3nc4ccc5ccccc5c4nc3c2)cc1OC. The van der Waals surface area contributed by atoms with Crippen molar-refractivity contribution in [1.82, 2.24) is 9.97 Å². The van der Waals surface area contributed by atoms with Crippen LogP contribution in [-0.4, -0.2) is 30.1 Å². The van der Waals surface area contributed by atoms with Gasteiger partial charge in [-0.2, -0.15) is 0 Å². The van der Waals surface area contributed by atoms with E-state index >= 15 is 0 Å². The van der Waals surface area contributed by atoms with Crippen molar-refractivity contribution in [3.05, 3.63) is 78.4 Å². The second-order valence-electron chi connectivity index (χ2n) is 7.11. The Morgan fingerprint density at radius 3 is 2.42 bits per heavy atom. The molecule has 0 aliphatic heterocycles. The fourth-order valence-corrected chi connectivity index (χ4v) is 3.67. The number of nitrogens with one attached hydrogen (secondary N) is 1. The van der Waals surface area contributed by atoms with E-state index in [2.05, 4.69) is 17.4 Å². The number of aromatic nitrogens is 2. The van der Waals surface area contributed by atoms with Gasteiger partial charge in [0, 0.05) is 16.6 Å². The lowest BCUT2D eigenvalue weighted by Gasteiger charge is -2.10. The largest absolute Gasteiger partial charge is 0.493 e. The van der Waals surface area contributed by atoms with Crippen LogP contribution in [0.1, 0.15) is 10.4 Å². The zero-order valence-electron chi connectivity index (χ0n) is 17.0. The van der Waals surface area contributed by atoms with Gasteiger partial charge in [0.2, 0.25) is 0 Å². The summed E-state index contributed by atoms with van der Waals surface area (Å²) < 4.78 is 10.5. The highest BCUT2D eigenvalue weighted by Gasteiger charge is 2.12. The molecule has 4 aromatic carbocycles. The summed E-state index contributed by atoms with van der Waals surface area (Å²) in [5.74, 6) is 0.816. The Morgan fingerprint density at radius 2 is 1.58 bits per heavy atom. The molecule has 1 aromatic heterocycles. The lowest BCUT2D eigenvalue weighted by atomic mass is 10.1. The Bertz CT molecular complexity index is 1460.